The molecule has 12 heteroatoms. The number of hydrogen-bond donors (Lipinski definition) is 2. The number of benzene rings is 2. The Balaban J connectivity index is 1.58. The van der Waals surface area contributed by atoms with E-state index in [0.29, 0.717) is 21.6 Å². The van der Waals surface area contributed by atoms with Gasteiger partial charge in [0.15, 0.2) is 5.13 Å². The number of nitrogen functional groups attached to an aromatic ring is 1. The van der Waals surface area contributed by atoms with E-state index in [4.69, 9.17) is 10.5 Å². The van der Waals surface area contributed by atoms with Gasteiger partial charge < -0.3 is 15.8 Å². The number of sulfone groups is 1. The lowest BCUT2D eigenvalue weighted by molar-refractivity contribution is -0.0435. The Morgan fingerprint density at radius 2 is 1.76 bits per heavy atom. The average Bonchev–Trinajstić information content (AvgIpc) is 3.14. The van der Waals surface area contributed by atoms with Crippen LogP contribution >= 0.6 is 11.3 Å². The largest absolute Gasteiger partial charge is 0.501 e. The zero-order valence-corrected chi connectivity index (χ0v) is 18.2. The summed E-state index contributed by atoms with van der Waals surface area (Å²) in [4.78, 5) is 7.54. The Labute approximate surface area is 190 Å². The molecule has 4 rings (SSSR count). The Morgan fingerprint density at radius 3 is 2.48 bits per heavy atom. The summed E-state index contributed by atoms with van der Waals surface area (Å²) >= 11 is 1.15. The summed E-state index contributed by atoms with van der Waals surface area (Å²) in [5.74, 6) is 0.597. The van der Waals surface area contributed by atoms with Crippen molar-refractivity contribution in [1.29, 1.82) is 0 Å². The molecule has 2 aromatic heterocycles. The maximum absolute atomic E-state index is 12.8. The summed E-state index contributed by atoms with van der Waals surface area (Å²) in [6.07, 6.45) is 1.43. The number of anilines is 3. The van der Waals surface area contributed by atoms with Gasteiger partial charge in [0.1, 0.15) is 17.3 Å². The number of halogens is 3. The molecule has 0 bridgehead atoms. The first kappa shape index (κ1) is 22.6. The molecule has 0 fully saturated rings. The van der Waals surface area contributed by atoms with Crippen LogP contribution in [0.1, 0.15) is 0 Å². The van der Waals surface area contributed by atoms with Crippen molar-refractivity contribution >= 4 is 37.8 Å². The first-order valence-electron chi connectivity index (χ1n) is 9.27. The van der Waals surface area contributed by atoms with Crippen LogP contribution in [0.2, 0.25) is 0 Å². The second kappa shape index (κ2) is 8.71. The van der Waals surface area contributed by atoms with Gasteiger partial charge in [-0.25, -0.2) is 18.4 Å². The first-order chi connectivity index (χ1) is 15.6. The van der Waals surface area contributed by atoms with Crippen LogP contribution in [0.4, 0.5) is 29.8 Å². The van der Waals surface area contributed by atoms with Gasteiger partial charge in [0.05, 0.1) is 4.90 Å². The Morgan fingerprint density at radius 1 is 1.00 bits per heavy atom. The van der Waals surface area contributed by atoms with Crippen LogP contribution in [0.15, 0.2) is 77.8 Å². The summed E-state index contributed by atoms with van der Waals surface area (Å²) in [5, 5.41) is 3.56. The van der Waals surface area contributed by atoms with Crippen LogP contribution in [-0.2, 0) is 9.84 Å². The molecule has 0 spiro atoms. The van der Waals surface area contributed by atoms with E-state index in [0.717, 1.165) is 29.0 Å². The molecule has 0 aliphatic carbocycles. The highest BCUT2D eigenvalue weighted by molar-refractivity contribution is 7.92. The molecule has 0 aliphatic rings. The van der Waals surface area contributed by atoms with Gasteiger partial charge in [-0.2, -0.15) is 13.2 Å². The lowest BCUT2D eigenvalue weighted by atomic mass is 10.2. The van der Waals surface area contributed by atoms with Gasteiger partial charge in [-0.15, -0.1) is 0 Å². The van der Waals surface area contributed by atoms with E-state index >= 15 is 0 Å². The van der Waals surface area contributed by atoms with E-state index in [-0.39, 0.29) is 11.5 Å². The fraction of sp³-hybridized carbons (Fsp3) is 0.0476. The van der Waals surface area contributed by atoms with Crippen LogP contribution in [0, 0.1) is 0 Å². The van der Waals surface area contributed by atoms with Gasteiger partial charge in [-0.05, 0) is 24.3 Å². The van der Waals surface area contributed by atoms with Crippen LogP contribution in [0.3, 0.4) is 0 Å². The summed E-state index contributed by atoms with van der Waals surface area (Å²) in [6, 6.07) is 16.8. The molecule has 2 heterocycles. The Hall–Kier alpha value is -3.64. The number of pyridine rings is 1. The highest BCUT2D eigenvalue weighted by Crippen LogP contribution is 2.39. The van der Waals surface area contributed by atoms with Crippen LogP contribution in [-0.4, -0.2) is 23.9 Å². The van der Waals surface area contributed by atoms with Crippen molar-refractivity contribution in [3.8, 4) is 22.1 Å². The van der Waals surface area contributed by atoms with Crippen molar-refractivity contribution < 1.29 is 26.3 Å². The monoisotopic (exact) mass is 492 g/mol. The van der Waals surface area contributed by atoms with Crippen molar-refractivity contribution in [2.75, 3.05) is 11.1 Å². The number of hydrogen-bond acceptors (Lipinski definition) is 8. The predicted molar refractivity (Wildman–Crippen MR) is 119 cm³/mol. The van der Waals surface area contributed by atoms with Crippen LogP contribution in [0.25, 0.3) is 11.3 Å². The fourth-order valence-electron chi connectivity index (χ4n) is 2.84. The lowest BCUT2D eigenvalue weighted by Gasteiger charge is -2.11. The minimum atomic E-state index is -5.47. The summed E-state index contributed by atoms with van der Waals surface area (Å²) in [6.45, 7) is 0. The number of nitrogens with one attached hydrogen (secondary N) is 1. The molecule has 2 aromatic carbocycles. The van der Waals surface area contributed by atoms with Crippen molar-refractivity contribution in [3.05, 3.63) is 72.9 Å². The number of nitrogens with zero attached hydrogens (tertiary/aromatic N) is 2. The predicted octanol–water partition coefficient (Wildman–Crippen LogP) is 5.62. The van der Waals surface area contributed by atoms with Crippen molar-refractivity contribution in [2.24, 2.45) is 0 Å². The minimum Gasteiger partial charge on any atom is -0.444 e. The Bertz CT molecular complexity index is 1390. The zero-order valence-electron chi connectivity index (χ0n) is 16.6. The molecule has 33 heavy (non-hydrogen) atoms. The smallest absolute Gasteiger partial charge is 0.444 e. The molecule has 0 aliphatic heterocycles. The van der Waals surface area contributed by atoms with Gasteiger partial charge in [0.2, 0.25) is 5.06 Å². The number of nitrogens with two attached hydrogens (primary N) is 1. The molecule has 0 saturated heterocycles. The SMILES string of the molecule is Nc1nc(-c2ccccc2)c(Oc2ccnc(Nc3cccc(S(=O)(=O)C(F)(F)F)c3)c2)s1. The highest BCUT2D eigenvalue weighted by atomic mass is 32.2. The highest BCUT2D eigenvalue weighted by Gasteiger charge is 2.46. The van der Waals surface area contributed by atoms with Gasteiger partial charge in [-0.1, -0.05) is 47.7 Å². The second-order valence-electron chi connectivity index (χ2n) is 6.64. The quantitative estimate of drug-likeness (QED) is 0.360. The van der Waals surface area contributed by atoms with Gasteiger partial charge in [0.25, 0.3) is 9.84 Å². The summed E-state index contributed by atoms with van der Waals surface area (Å²) in [7, 11) is -5.47. The maximum Gasteiger partial charge on any atom is 0.501 e. The third kappa shape index (κ3) is 4.91. The molecular weight excluding hydrogens is 477 g/mol. The second-order valence-corrected chi connectivity index (χ2v) is 9.57. The van der Waals surface area contributed by atoms with Crippen molar-refractivity contribution in [3.63, 3.8) is 0 Å². The van der Waals surface area contributed by atoms with Crippen molar-refractivity contribution in [2.45, 2.75) is 10.4 Å². The normalized spacial score (nSPS) is 11.8. The third-order valence-corrected chi connectivity index (χ3v) is 6.57. The summed E-state index contributed by atoms with van der Waals surface area (Å²) in [5.41, 5.74) is 1.95. The van der Waals surface area contributed by atoms with Gasteiger partial charge in [0, 0.05) is 23.5 Å². The molecule has 0 saturated carbocycles. The molecule has 7 nitrogen and oxygen atoms in total. The number of ether oxygens (including phenoxy) is 1. The van der Waals surface area contributed by atoms with E-state index in [1.54, 1.807) is 6.07 Å². The fourth-order valence-corrected chi connectivity index (χ4v) is 4.37. The van der Waals surface area contributed by atoms with Crippen molar-refractivity contribution in [1.82, 2.24) is 9.97 Å². The minimum absolute atomic E-state index is 0.108. The lowest BCUT2D eigenvalue weighted by Crippen LogP contribution is -2.23. The summed E-state index contributed by atoms with van der Waals surface area (Å²) < 4.78 is 67.8. The van der Waals surface area contributed by atoms with Crippen LogP contribution in [0.5, 0.6) is 10.8 Å². The van der Waals surface area contributed by atoms with E-state index in [1.807, 2.05) is 30.3 Å². The molecule has 0 radical (unpaired) electrons. The van der Waals surface area contributed by atoms with E-state index in [1.165, 1.54) is 24.4 Å². The maximum atomic E-state index is 12.8. The zero-order chi connectivity index (χ0) is 23.6. The molecule has 0 atom stereocenters. The van der Waals surface area contributed by atoms with E-state index in [2.05, 4.69) is 15.3 Å². The standard InChI is InChI=1S/C21H15F3N4O3S2/c22-21(23,24)33(29,30)16-8-4-7-14(11-16)27-17-12-15(9-10-26-17)31-19-18(28-20(25)32-19)13-5-2-1-3-6-13/h1-12H,(H2,25,28)(H,26,27). The molecule has 0 unspecified atom stereocenters. The van der Waals surface area contributed by atoms with Crippen LogP contribution < -0.4 is 15.8 Å². The average molecular weight is 493 g/mol. The molecular formula is C21H15F3N4O3S2. The molecule has 3 N–H and O–H groups in total. The molecule has 4 aromatic rings. The number of thiazole rings is 1. The van der Waals surface area contributed by atoms with E-state index in [9.17, 15) is 21.6 Å². The Kier molecular flexibility index (Phi) is 5.95. The third-order valence-electron chi connectivity index (χ3n) is 4.32. The van der Waals surface area contributed by atoms with Gasteiger partial charge >= 0.3 is 5.51 Å². The van der Waals surface area contributed by atoms with Gasteiger partial charge in [-0.3, -0.25) is 0 Å². The number of rotatable bonds is 6. The topological polar surface area (TPSA) is 107 Å². The first-order valence-corrected chi connectivity index (χ1v) is 11.6. The molecule has 170 valence electrons. The number of aromatic nitrogens is 2. The molecule has 0 amide bonds. The number of alkyl halides is 3. The van der Waals surface area contributed by atoms with E-state index < -0.39 is 20.2 Å².